The first-order chi connectivity index (χ1) is 10.1. The van der Waals surface area contributed by atoms with Crippen molar-refractivity contribution in [3.63, 3.8) is 0 Å². The van der Waals surface area contributed by atoms with Gasteiger partial charge in [-0.2, -0.15) is 5.10 Å². The van der Waals surface area contributed by atoms with E-state index in [1.165, 1.54) is 37.9 Å². The zero-order valence-corrected chi connectivity index (χ0v) is 11.1. The Labute approximate surface area is 119 Å². The normalized spacial score (nSPS) is 10.5. The second kappa shape index (κ2) is 6.33. The van der Waals surface area contributed by atoms with Crippen LogP contribution in [0.2, 0.25) is 0 Å². The van der Waals surface area contributed by atoms with Gasteiger partial charge in [-0.25, -0.2) is 9.99 Å². The lowest BCUT2D eigenvalue weighted by molar-refractivity contribution is -0.385. The highest BCUT2D eigenvalue weighted by Crippen LogP contribution is 2.15. The van der Waals surface area contributed by atoms with Crippen LogP contribution >= 0.6 is 0 Å². The van der Waals surface area contributed by atoms with Crippen LogP contribution in [0.5, 0.6) is 0 Å². The Morgan fingerprint density at radius 1 is 1.38 bits per heavy atom. The Balaban J connectivity index is 2.18. The summed E-state index contributed by atoms with van der Waals surface area (Å²) >= 11 is 0. The molecule has 1 aromatic carbocycles. The predicted molar refractivity (Wildman–Crippen MR) is 74.8 cm³/mol. The number of aromatic nitrogens is 2. The highest BCUT2D eigenvalue weighted by Gasteiger charge is 2.13. The van der Waals surface area contributed by atoms with E-state index in [0.717, 1.165) is 5.01 Å². The summed E-state index contributed by atoms with van der Waals surface area (Å²) in [6.45, 7) is 0. The topological polar surface area (TPSA) is 102 Å². The predicted octanol–water partition coefficient (Wildman–Crippen LogP) is 1.49. The third-order valence-electron chi connectivity index (χ3n) is 2.58. The maximum atomic E-state index is 12.0. The molecule has 2 aromatic rings. The van der Waals surface area contributed by atoms with Gasteiger partial charge in [0, 0.05) is 25.5 Å². The molecule has 0 saturated heterocycles. The summed E-state index contributed by atoms with van der Waals surface area (Å²) in [5, 5.41) is 15.8. The fourth-order valence-electron chi connectivity index (χ4n) is 1.54. The molecular formula is C13H11N5O3. The van der Waals surface area contributed by atoms with Gasteiger partial charge in [-0.15, -0.1) is 0 Å². The second-order valence-corrected chi connectivity index (χ2v) is 3.98. The highest BCUT2D eigenvalue weighted by atomic mass is 16.6. The summed E-state index contributed by atoms with van der Waals surface area (Å²) in [6, 6.07) is 6.12. The lowest BCUT2D eigenvalue weighted by atomic mass is 10.2. The van der Waals surface area contributed by atoms with Crippen molar-refractivity contribution in [3.8, 4) is 0 Å². The lowest BCUT2D eigenvalue weighted by Crippen LogP contribution is -2.22. The molecule has 0 fully saturated rings. The average Bonchev–Trinajstić information content (AvgIpc) is 2.52. The highest BCUT2D eigenvalue weighted by molar-refractivity contribution is 5.93. The maximum absolute atomic E-state index is 12.0. The molecule has 0 bridgehead atoms. The number of para-hydroxylation sites is 1. The van der Waals surface area contributed by atoms with E-state index in [1.807, 2.05) is 0 Å². The summed E-state index contributed by atoms with van der Waals surface area (Å²) in [4.78, 5) is 30.0. The van der Waals surface area contributed by atoms with Crippen LogP contribution in [-0.4, -0.2) is 39.1 Å². The summed E-state index contributed by atoms with van der Waals surface area (Å²) < 4.78 is 0. The summed E-state index contributed by atoms with van der Waals surface area (Å²) in [6.07, 6.45) is 5.42. The van der Waals surface area contributed by atoms with E-state index in [2.05, 4.69) is 15.1 Å². The molecule has 106 valence electrons. The van der Waals surface area contributed by atoms with E-state index < -0.39 is 10.8 Å². The van der Waals surface area contributed by atoms with Gasteiger partial charge in [0.2, 0.25) is 0 Å². The number of amides is 1. The average molecular weight is 285 g/mol. The lowest BCUT2D eigenvalue weighted by Gasteiger charge is -2.09. The first-order valence-electron chi connectivity index (χ1n) is 5.91. The zero-order valence-electron chi connectivity index (χ0n) is 11.1. The largest absolute Gasteiger partial charge is 0.293 e. The molecule has 0 spiro atoms. The van der Waals surface area contributed by atoms with Gasteiger partial charge in [-0.3, -0.25) is 19.9 Å². The van der Waals surface area contributed by atoms with Gasteiger partial charge in [-0.1, -0.05) is 12.1 Å². The van der Waals surface area contributed by atoms with Gasteiger partial charge >= 0.3 is 0 Å². The number of nitrogens with zero attached hydrogens (tertiary/aromatic N) is 5. The number of hydrazone groups is 1. The van der Waals surface area contributed by atoms with Gasteiger partial charge < -0.3 is 0 Å². The minimum Gasteiger partial charge on any atom is -0.265 e. The summed E-state index contributed by atoms with van der Waals surface area (Å²) in [7, 11) is 1.43. The summed E-state index contributed by atoms with van der Waals surface area (Å²) in [5.74, 6) is -0.460. The van der Waals surface area contributed by atoms with Crippen LogP contribution in [-0.2, 0) is 0 Å². The van der Waals surface area contributed by atoms with Gasteiger partial charge in [0.25, 0.3) is 11.6 Å². The van der Waals surface area contributed by atoms with Crippen LogP contribution in [0.4, 0.5) is 5.69 Å². The molecule has 8 nitrogen and oxygen atoms in total. The molecule has 1 amide bonds. The monoisotopic (exact) mass is 285 g/mol. The molecule has 0 aliphatic carbocycles. The van der Waals surface area contributed by atoms with Crippen molar-refractivity contribution in [2.24, 2.45) is 5.10 Å². The minimum absolute atomic E-state index is 0.0819. The molecule has 8 heteroatoms. The Morgan fingerprint density at radius 2 is 2.14 bits per heavy atom. The Kier molecular flexibility index (Phi) is 4.30. The molecule has 0 unspecified atom stereocenters. The minimum atomic E-state index is -0.508. The number of hydrogen-bond donors (Lipinski definition) is 0. The standard InChI is InChI=1S/C13H11N5O3/c1-17(13(19)11-9-14-6-7-15-11)16-8-10-4-2-3-5-12(10)18(20)21/h2-9H,1H3/b16-8+. The molecule has 0 N–H and O–H groups in total. The number of nitro benzene ring substituents is 1. The zero-order chi connectivity index (χ0) is 15.2. The fourth-order valence-corrected chi connectivity index (χ4v) is 1.54. The van der Waals surface area contributed by atoms with Crippen molar-refractivity contribution in [1.82, 2.24) is 15.0 Å². The van der Waals surface area contributed by atoms with Gasteiger partial charge in [-0.05, 0) is 6.07 Å². The smallest absolute Gasteiger partial charge is 0.265 e. The van der Waals surface area contributed by atoms with Crippen molar-refractivity contribution in [3.05, 3.63) is 64.2 Å². The van der Waals surface area contributed by atoms with Crippen LogP contribution in [0.15, 0.2) is 48.0 Å². The van der Waals surface area contributed by atoms with E-state index >= 15 is 0 Å². The third-order valence-corrected chi connectivity index (χ3v) is 2.58. The molecule has 2 rings (SSSR count). The number of carbonyl (C=O) groups excluding carboxylic acids is 1. The summed E-state index contributed by atoms with van der Waals surface area (Å²) in [5.41, 5.74) is 0.364. The quantitative estimate of drug-likeness (QED) is 0.481. The number of benzene rings is 1. The van der Waals surface area contributed by atoms with Crippen LogP contribution in [0, 0.1) is 10.1 Å². The Hall–Kier alpha value is -3.16. The molecule has 0 radical (unpaired) electrons. The van der Waals surface area contributed by atoms with Crippen LogP contribution < -0.4 is 0 Å². The fraction of sp³-hybridized carbons (Fsp3) is 0.0769. The molecule has 21 heavy (non-hydrogen) atoms. The van der Waals surface area contributed by atoms with E-state index in [-0.39, 0.29) is 11.4 Å². The van der Waals surface area contributed by atoms with E-state index in [4.69, 9.17) is 0 Å². The molecule has 0 aliphatic rings. The molecule has 1 aromatic heterocycles. The van der Waals surface area contributed by atoms with Gasteiger partial charge in [0.05, 0.1) is 22.9 Å². The van der Waals surface area contributed by atoms with Crippen LogP contribution in [0.1, 0.15) is 16.1 Å². The van der Waals surface area contributed by atoms with Crippen molar-refractivity contribution < 1.29 is 9.72 Å². The molecule has 0 saturated carbocycles. The van der Waals surface area contributed by atoms with Crippen molar-refractivity contribution >= 4 is 17.8 Å². The molecule has 1 heterocycles. The van der Waals surface area contributed by atoms with Gasteiger partial charge in [0.1, 0.15) is 5.69 Å². The maximum Gasteiger partial charge on any atom is 0.293 e. The van der Waals surface area contributed by atoms with Crippen LogP contribution in [0.25, 0.3) is 0 Å². The third kappa shape index (κ3) is 3.44. The second-order valence-electron chi connectivity index (χ2n) is 3.98. The molecular weight excluding hydrogens is 274 g/mol. The van der Waals surface area contributed by atoms with Crippen LogP contribution in [0.3, 0.4) is 0 Å². The Bertz CT molecular complexity index is 687. The number of carbonyl (C=O) groups is 1. The first-order valence-corrected chi connectivity index (χ1v) is 5.91. The van der Waals surface area contributed by atoms with E-state index in [0.29, 0.717) is 5.56 Å². The van der Waals surface area contributed by atoms with Crippen molar-refractivity contribution in [2.75, 3.05) is 7.05 Å². The first kappa shape index (κ1) is 14.3. The van der Waals surface area contributed by atoms with Gasteiger partial charge in [0.15, 0.2) is 0 Å². The van der Waals surface area contributed by atoms with Crippen molar-refractivity contribution in [2.45, 2.75) is 0 Å². The van der Waals surface area contributed by atoms with Crippen molar-refractivity contribution in [1.29, 1.82) is 0 Å². The number of nitro groups is 1. The van der Waals surface area contributed by atoms with E-state index in [9.17, 15) is 14.9 Å². The van der Waals surface area contributed by atoms with E-state index in [1.54, 1.807) is 18.2 Å². The number of hydrogen-bond acceptors (Lipinski definition) is 6. The molecule has 0 aliphatic heterocycles. The SMILES string of the molecule is CN(/N=C/c1ccccc1[N+](=O)[O-])C(=O)c1cnccn1. The number of rotatable bonds is 4. The Morgan fingerprint density at radius 3 is 2.81 bits per heavy atom. The molecule has 0 atom stereocenters.